The third kappa shape index (κ3) is 7.77. The lowest BCUT2D eigenvalue weighted by Gasteiger charge is -2.24. The quantitative estimate of drug-likeness (QED) is 0.266. The van der Waals surface area contributed by atoms with Crippen molar-refractivity contribution in [3.63, 3.8) is 0 Å². The van der Waals surface area contributed by atoms with Gasteiger partial charge in [0, 0.05) is 13.2 Å². The molecule has 0 aliphatic carbocycles. The summed E-state index contributed by atoms with van der Waals surface area (Å²) in [4.78, 5) is 29.4. The topological polar surface area (TPSA) is 140 Å². The smallest absolute Gasteiger partial charge is 0.407 e. The second-order valence-electron chi connectivity index (χ2n) is 9.08. The third-order valence-corrected chi connectivity index (χ3v) is 5.46. The summed E-state index contributed by atoms with van der Waals surface area (Å²) >= 11 is 0. The van der Waals surface area contributed by atoms with Crippen LogP contribution in [0.15, 0.2) is 54.7 Å². The van der Waals surface area contributed by atoms with Crippen LogP contribution >= 0.6 is 0 Å². The molecule has 2 heterocycles. The number of nitrogens with one attached hydrogen (secondary N) is 2. The second kappa shape index (κ2) is 13.0. The normalized spacial score (nSPS) is 12.3. The van der Waals surface area contributed by atoms with E-state index in [1.807, 2.05) is 52.9 Å². The molecular formula is C26H35N5O5. The Morgan fingerprint density at radius 1 is 1.11 bits per heavy atom. The SMILES string of the molecule is CC(C)(N)C(=O)NC(COCc1ccccc1)c1ncc2cccc(COC(=O)NCCCCO)n12. The Balaban J connectivity index is 1.78. The summed E-state index contributed by atoms with van der Waals surface area (Å²) in [5.41, 5.74) is 7.40. The van der Waals surface area contributed by atoms with Crippen LogP contribution in [0, 0.1) is 0 Å². The van der Waals surface area contributed by atoms with Crippen molar-refractivity contribution >= 4 is 17.5 Å². The molecule has 0 radical (unpaired) electrons. The molecule has 2 aromatic heterocycles. The van der Waals surface area contributed by atoms with E-state index in [0.29, 0.717) is 37.5 Å². The van der Waals surface area contributed by atoms with Gasteiger partial charge in [-0.25, -0.2) is 9.78 Å². The molecular weight excluding hydrogens is 462 g/mol. The van der Waals surface area contributed by atoms with Crippen molar-refractivity contribution in [3.8, 4) is 0 Å². The number of ether oxygens (including phenoxy) is 2. The number of nitrogens with zero attached hydrogens (tertiary/aromatic N) is 2. The first-order valence-corrected chi connectivity index (χ1v) is 12.0. The Bertz CT molecular complexity index is 1130. The van der Waals surface area contributed by atoms with Gasteiger partial charge in [0.2, 0.25) is 5.91 Å². The predicted molar refractivity (Wildman–Crippen MR) is 135 cm³/mol. The zero-order chi connectivity index (χ0) is 26.0. The molecule has 0 saturated heterocycles. The molecule has 0 spiro atoms. The fourth-order valence-corrected chi connectivity index (χ4v) is 3.51. The number of carbonyl (C=O) groups is 2. The molecule has 5 N–H and O–H groups in total. The first-order chi connectivity index (χ1) is 17.3. The van der Waals surface area contributed by atoms with Gasteiger partial charge in [0.15, 0.2) is 0 Å². The summed E-state index contributed by atoms with van der Waals surface area (Å²) in [5, 5.41) is 14.5. The molecule has 2 amide bonds. The standard InChI is InChI=1S/C26H35N5O5/c1-26(2,27)24(33)30-22(18-35-16-19-9-4-3-5-10-19)23-29-15-20-11-8-12-21(31(20)23)17-36-25(34)28-13-6-7-14-32/h3-5,8-12,15,22,32H,6-7,13-14,16-18,27H2,1-2H3,(H,28,34)(H,30,33). The number of hydrogen-bond acceptors (Lipinski definition) is 7. The minimum absolute atomic E-state index is 0.000451. The number of aromatic nitrogens is 2. The Hall–Kier alpha value is -3.47. The van der Waals surface area contributed by atoms with Crippen molar-refractivity contribution in [2.75, 3.05) is 19.8 Å². The molecule has 10 nitrogen and oxygen atoms in total. The van der Waals surface area contributed by atoms with Crippen molar-refractivity contribution < 1.29 is 24.2 Å². The monoisotopic (exact) mass is 497 g/mol. The van der Waals surface area contributed by atoms with E-state index in [-0.39, 0.29) is 25.7 Å². The molecule has 1 unspecified atom stereocenters. The van der Waals surface area contributed by atoms with Crippen LogP contribution in [0.2, 0.25) is 0 Å². The summed E-state index contributed by atoms with van der Waals surface area (Å²) in [6.45, 7) is 4.29. The van der Waals surface area contributed by atoms with Crippen LogP contribution in [0.3, 0.4) is 0 Å². The number of pyridine rings is 1. The lowest BCUT2D eigenvalue weighted by Crippen LogP contribution is -2.51. The van der Waals surface area contributed by atoms with E-state index in [1.165, 1.54) is 0 Å². The Labute approximate surface area is 210 Å². The fraction of sp³-hybridized carbons (Fsp3) is 0.423. The highest BCUT2D eigenvalue weighted by Gasteiger charge is 2.28. The van der Waals surface area contributed by atoms with Gasteiger partial charge in [-0.05, 0) is 44.4 Å². The summed E-state index contributed by atoms with van der Waals surface area (Å²) in [7, 11) is 0. The summed E-state index contributed by atoms with van der Waals surface area (Å²) < 4.78 is 13.2. The largest absolute Gasteiger partial charge is 0.443 e. The van der Waals surface area contributed by atoms with E-state index >= 15 is 0 Å². The molecule has 0 aliphatic rings. The van der Waals surface area contributed by atoms with Gasteiger partial charge in [-0.15, -0.1) is 0 Å². The number of carbonyl (C=O) groups excluding carboxylic acids is 2. The third-order valence-electron chi connectivity index (χ3n) is 5.46. The van der Waals surface area contributed by atoms with Gasteiger partial charge in [0.05, 0.1) is 36.2 Å². The number of unbranched alkanes of at least 4 members (excludes halogenated alkanes) is 1. The Morgan fingerprint density at radius 3 is 2.61 bits per heavy atom. The number of aliphatic hydroxyl groups excluding tert-OH is 1. The van der Waals surface area contributed by atoms with Gasteiger partial charge >= 0.3 is 6.09 Å². The number of nitrogens with two attached hydrogens (primary N) is 1. The molecule has 0 bridgehead atoms. The minimum Gasteiger partial charge on any atom is -0.443 e. The number of alkyl carbamates (subject to hydrolysis) is 1. The van der Waals surface area contributed by atoms with Gasteiger partial charge in [0.1, 0.15) is 18.5 Å². The van der Waals surface area contributed by atoms with E-state index in [9.17, 15) is 9.59 Å². The van der Waals surface area contributed by atoms with Gasteiger partial charge in [-0.3, -0.25) is 9.20 Å². The zero-order valence-corrected chi connectivity index (χ0v) is 20.8. The maximum absolute atomic E-state index is 12.8. The molecule has 1 atom stereocenters. The summed E-state index contributed by atoms with van der Waals surface area (Å²) in [6.07, 6.45) is 2.41. The number of amides is 2. The van der Waals surface area contributed by atoms with Crippen LogP contribution in [0.4, 0.5) is 4.79 Å². The van der Waals surface area contributed by atoms with Gasteiger partial charge < -0.3 is 30.9 Å². The van der Waals surface area contributed by atoms with Gasteiger partial charge in [-0.1, -0.05) is 36.4 Å². The second-order valence-corrected chi connectivity index (χ2v) is 9.08. The lowest BCUT2D eigenvalue weighted by atomic mass is 10.1. The van der Waals surface area contributed by atoms with Crippen molar-refractivity contribution in [3.05, 3.63) is 71.8 Å². The van der Waals surface area contributed by atoms with Crippen molar-refractivity contribution in [1.82, 2.24) is 20.0 Å². The van der Waals surface area contributed by atoms with E-state index in [0.717, 1.165) is 11.1 Å². The average Bonchev–Trinajstić information content (AvgIpc) is 3.29. The number of rotatable bonds is 13. The Kier molecular flexibility index (Phi) is 9.80. The molecule has 1 aromatic carbocycles. The van der Waals surface area contributed by atoms with E-state index in [4.69, 9.17) is 20.3 Å². The first-order valence-electron chi connectivity index (χ1n) is 12.0. The van der Waals surface area contributed by atoms with Crippen LogP contribution in [0.25, 0.3) is 5.52 Å². The molecule has 0 saturated carbocycles. The minimum atomic E-state index is -1.09. The number of fused-ring (bicyclic) bond motifs is 1. The highest BCUT2D eigenvalue weighted by molar-refractivity contribution is 5.85. The van der Waals surface area contributed by atoms with E-state index in [1.54, 1.807) is 20.0 Å². The van der Waals surface area contributed by atoms with E-state index < -0.39 is 17.7 Å². The van der Waals surface area contributed by atoms with Crippen LogP contribution in [0.5, 0.6) is 0 Å². The molecule has 36 heavy (non-hydrogen) atoms. The number of imidazole rings is 1. The van der Waals surface area contributed by atoms with Gasteiger partial charge in [-0.2, -0.15) is 0 Å². The molecule has 10 heteroatoms. The maximum atomic E-state index is 12.8. The molecule has 3 rings (SSSR count). The molecule has 0 aliphatic heterocycles. The molecule has 0 fully saturated rings. The van der Waals surface area contributed by atoms with Crippen LogP contribution < -0.4 is 16.4 Å². The van der Waals surface area contributed by atoms with Crippen LogP contribution in [0.1, 0.15) is 49.8 Å². The van der Waals surface area contributed by atoms with Crippen molar-refractivity contribution in [2.45, 2.75) is 51.5 Å². The zero-order valence-electron chi connectivity index (χ0n) is 20.8. The molecule has 194 valence electrons. The van der Waals surface area contributed by atoms with Crippen molar-refractivity contribution in [2.24, 2.45) is 5.73 Å². The summed E-state index contributed by atoms with van der Waals surface area (Å²) in [6, 6.07) is 14.7. The fourth-order valence-electron chi connectivity index (χ4n) is 3.51. The Morgan fingerprint density at radius 2 is 1.89 bits per heavy atom. The van der Waals surface area contributed by atoms with Crippen LogP contribution in [-0.4, -0.2) is 51.8 Å². The first kappa shape index (κ1) is 27.1. The number of hydrogen-bond donors (Lipinski definition) is 4. The predicted octanol–water partition coefficient (Wildman–Crippen LogP) is 2.44. The molecule has 3 aromatic rings. The highest BCUT2D eigenvalue weighted by atomic mass is 16.5. The van der Waals surface area contributed by atoms with E-state index in [2.05, 4.69) is 15.6 Å². The average molecular weight is 498 g/mol. The number of benzene rings is 1. The lowest BCUT2D eigenvalue weighted by molar-refractivity contribution is -0.126. The van der Waals surface area contributed by atoms with Crippen LogP contribution in [-0.2, 0) is 27.5 Å². The van der Waals surface area contributed by atoms with Crippen molar-refractivity contribution in [1.29, 1.82) is 0 Å². The number of aliphatic hydroxyl groups is 1. The van der Waals surface area contributed by atoms with Gasteiger partial charge in [0.25, 0.3) is 0 Å². The summed E-state index contributed by atoms with van der Waals surface area (Å²) in [5.74, 6) is 0.196. The maximum Gasteiger partial charge on any atom is 0.407 e. The highest BCUT2D eigenvalue weighted by Crippen LogP contribution is 2.20.